The highest BCUT2D eigenvalue weighted by Crippen LogP contribution is 2.49. The van der Waals surface area contributed by atoms with Crippen LogP contribution in [0.15, 0.2) is 58.9 Å². The molecule has 190 valence electrons. The summed E-state index contributed by atoms with van der Waals surface area (Å²) in [6, 6.07) is 11.3. The van der Waals surface area contributed by atoms with Crippen molar-refractivity contribution < 1.29 is 33.3 Å². The molecule has 1 N–H and O–H groups in total. The highest BCUT2D eigenvalue weighted by molar-refractivity contribution is 6.04. The van der Waals surface area contributed by atoms with Gasteiger partial charge in [-0.25, -0.2) is 4.79 Å². The molecule has 0 fully saturated rings. The zero-order chi connectivity index (χ0) is 26.0. The van der Waals surface area contributed by atoms with E-state index in [2.05, 4.69) is 5.32 Å². The van der Waals surface area contributed by atoms with Crippen LogP contribution in [0.4, 0.5) is 0 Å². The zero-order valence-corrected chi connectivity index (χ0v) is 21.4. The van der Waals surface area contributed by atoms with Crippen molar-refractivity contribution in [3.63, 3.8) is 0 Å². The van der Waals surface area contributed by atoms with Gasteiger partial charge in [-0.2, -0.15) is 0 Å². The van der Waals surface area contributed by atoms with Crippen molar-refractivity contribution in [1.29, 1.82) is 0 Å². The van der Waals surface area contributed by atoms with Crippen molar-refractivity contribution in [2.45, 2.75) is 31.6 Å². The Bertz CT molecular complexity index is 1240. The standard InChI is InChI=1S/C28H31NO7/c1-15-24(28(31)36-6)25(17-13-22(33-3)27(35-5)23(14-17)34-4)26-19(29-15)11-16(12-20(26)30)18-9-7-8-10-21(18)32-2/h7-10,13-14,16,25,29H,11-12H2,1-6H3. The number of methoxy groups -OCH3 is 5. The van der Waals surface area contributed by atoms with Crippen LogP contribution in [0.2, 0.25) is 0 Å². The fraction of sp³-hybridized carbons (Fsp3) is 0.357. The lowest BCUT2D eigenvalue weighted by molar-refractivity contribution is -0.136. The Morgan fingerprint density at radius 3 is 2.11 bits per heavy atom. The number of benzene rings is 2. The third-order valence-electron chi connectivity index (χ3n) is 6.83. The fourth-order valence-corrected chi connectivity index (χ4v) is 5.24. The van der Waals surface area contributed by atoms with Crippen molar-refractivity contribution in [3.05, 3.63) is 70.1 Å². The van der Waals surface area contributed by atoms with Gasteiger partial charge in [-0.1, -0.05) is 18.2 Å². The number of para-hydroxylation sites is 1. The summed E-state index contributed by atoms with van der Waals surface area (Å²) in [5.41, 5.74) is 3.98. The van der Waals surface area contributed by atoms with Gasteiger partial charge in [0, 0.05) is 35.2 Å². The summed E-state index contributed by atoms with van der Waals surface area (Å²) in [4.78, 5) is 26.8. The van der Waals surface area contributed by atoms with Gasteiger partial charge in [0.15, 0.2) is 17.3 Å². The van der Waals surface area contributed by atoms with Gasteiger partial charge in [0.25, 0.3) is 0 Å². The van der Waals surface area contributed by atoms with E-state index in [4.69, 9.17) is 23.7 Å². The van der Waals surface area contributed by atoms with Gasteiger partial charge < -0.3 is 29.0 Å². The number of carbonyl (C=O) groups excluding carboxylic acids is 2. The third kappa shape index (κ3) is 4.27. The van der Waals surface area contributed by atoms with Gasteiger partial charge >= 0.3 is 5.97 Å². The van der Waals surface area contributed by atoms with Crippen LogP contribution < -0.4 is 24.3 Å². The van der Waals surface area contributed by atoms with Crippen LogP contribution in [0.25, 0.3) is 0 Å². The maximum Gasteiger partial charge on any atom is 0.336 e. The minimum Gasteiger partial charge on any atom is -0.496 e. The lowest BCUT2D eigenvalue weighted by Gasteiger charge is -2.37. The Morgan fingerprint density at radius 2 is 1.53 bits per heavy atom. The van der Waals surface area contributed by atoms with E-state index in [9.17, 15) is 9.59 Å². The van der Waals surface area contributed by atoms with E-state index in [0.29, 0.717) is 46.1 Å². The lowest BCUT2D eigenvalue weighted by atomic mass is 9.71. The monoisotopic (exact) mass is 493 g/mol. The smallest absolute Gasteiger partial charge is 0.336 e. The van der Waals surface area contributed by atoms with Crippen molar-refractivity contribution >= 4 is 11.8 Å². The molecule has 2 aliphatic rings. The average molecular weight is 494 g/mol. The van der Waals surface area contributed by atoms with Crippen molar-refractivity contribution in [2.75, 3.05) is 35.5 Å². The number of hydrogen-bond acceptors (Lipinski definition) is 8. The number of esters is 1. The maximum atomic E-state index is 13.8. The van der Waals surface area contributed by atoms with Gasteiger partial charge in [-0.05, 0) is 42.7 Å². The topological polar surface area (TPSA) is 92.3 Å². The van der Waals surface area contributed by atoms with E-state index in [1.165, 1.54) is 28.4 Å². The predicted molar refractivity (Wildman–Crippen MR) is 134 cm³/mol. The molecule has 8 heteroatoms. The first-order valence-electron chi connectivity index (χ1n) is 11.6. The summed E-state index contributed by atoms with van der Waals surface area (Å²) < 4.78 is 27.3. The molecule has 1 heterocycles. The van der Waals surface area contributed by atoms with Crippen LogP contribution in [0, 0.1) is 0 Å². The van der Waals surface area contributed by atoms with Crippen LogP contribution in [0.5, 0.6) is 23.0 Å². The molecule has 4 rings (SSSR count). The largest absolute Gasteiger partial charge is 0.496 e. The number of carbonyl (C=O) groups is 2. The summed E-state index contributed by atoms with van der Waals surface area (Å²) in [5.74, 6) is 0.769. The molecule has 0 spiro atoms. The second-order valence-electron chi connectivity index (χ2n) is 8.71. The molecule has 0 bridgehead atoms. The first-order chi connectivity index (χ1) is 17.4. The second kappa shape index (κ2) is 10.4. The molecule has 2 atom stereocenters. The third-order valence-corrected chi connectivity index (χ3v) is 6.83. The number of ether oxygens (including phenoxy) is 5. The summed E-state index contributed by atoms with van der Waals surface area (Å²) in [7, 11) is 7.54. The van der Waals surface area contributed by atoms with Gasteiger partial charge in [0.1, 0.15) is 5.75 Å². The van der Waals surface area contributed by atoms with E-state index in [0.717, 1.165) is 17.0 Å². The Balaban J connectivity index is 1.89. The number of dihydropyridines is 1. The van der Waals surface area contributed by atoms with Crippen LogP contribution in [-0.2, 0) is 14.3 Å². The number of nitrogens with one attached hydrogen (secondary N) is 1. The quantitative estimate of drug-likeness (QED) is 0.572. The first kappa shape index (κ1) is 25.2. The molecule has 0 aromatic heterocycles. The summed E-state index contributed by atoms with van der Waals surface area (Å²) >= 11 is 0. The Kier molecular flexibility index (Phi) is 7.24. The Morgan fingerprint density at radius 1 is 0.889 bits per heavy atom. The minimum absolute atomic E-state index is 0.0488. The maximum absolute atomic E-state index is 13.8. The summed E-state index contributed by atoms with van der Waals surface area (Å²) in [5, 5.41) is 3.34. The van der Waals surface area contributed by atoms with Gasteiger partial charge in [0.05, 0.1) is 41.1 Å². The van der Waals surface area contributed by atoms with E-state index in [1.54, 1.807) is 19.2 Å². The zero-order valence-electron chi connectivity index (χ0n) is 21.4. The normalized spacial score (nSPS) is 19.3. The molecule has 2 aromatic rings. The Labute approximate surface area is 210 Å². The molecule has 1 aliphatic heterocycles. The van der Waals surface area contributed by atoms with Gasteiger partial charge in [0.2, 0.25) is 5.75 Å². The number of ketones is 1. The molecule has 0 saturated carbocycles. The highest BCUT2D eigenvalue weighted by Gasteiger charge is 2.42. The number of rotatable bonds is 7. The second-order valence-corrected chi connectivity index (χ2v) is 8.71. The number of Topliss-reactive ketones (excluding diaryl/α,β-unsaturated/α-hetero) is 1. The van der Waals surface area contributed by atoms with Crippen molar-refractivity contribution in [2.24, 2.45) is 0 Å². The molecule has 0 radical (unpaired) electrons. The molecule has 36 heavy (non-hydrogen) atoms. The van der Waals surface area contributed by atoms with Crippen LogP contribution in [0.3, 0.4) is 0 Å². The van der Waals surface area contributed by atoms with E-state index in [1.807, 2.05) is 31.2 Å². The van der Waals surface area contributed by atoms with E-state index < -0.39 is 11.9 Å². The molecule has 0 amide bonds. The number of hydrogen-bond donors (Lipinski definition) is 1. The molecular weight excluding hydrogens is 462 g/mol. The van der Waals surface area contributed by atoms with Crippen LogP contribution >= 0.6 is 0 Å². The molecule has 2 aromatic carbocycles. The predicted octanol–water partition coefficient (Wildman–Crippen LogP) is 4.26. The molecule has 1 aliphatic carbocycles. The summed E-state index contributed by atoms with van der Waals surface area (Å²) in [6.07, 6.45) is 0.878. The van der Waals surface area contributed by atoms with Gasteiger partial charge in [-0.15, -0.1) is 0 Å². The van der Waals surface area contributed by atoms with Gasteiger partial charge in [-0.3, -0.25) is 4.79 Å². The van der Waals surface area contributed by atoms with E-state index >= 15 is 0 Å². The highest BCUT2D eigenvalue weighted by atomic mass is 16.5. The lowest BCUT2D eigenvalue weighted by Crippen LogP contribution is -2.36. The van der Waals surface area contributed by atoms with E-state index in [-0.39, 0.29) is 18.1 Å². The number of allylic oxidation sites excluding steroid dienone is 3. The van der Waals surface area contributed by atoms with Crippen LogP contribution in [-0.4, -0.2) is 47.3 Å². The fourth-order valence-electron chi connectivity index (χ4n) is 5.24. The van der Waals surface area contributed by atoms with Crippen LogP contribution in [0.1, 0.15) is 42.7 Å². The molecule has 8 nitrogen and oxygen atoms in total. The minimum atomic E-state index is -0.659. The molecule has 0 saturated heterocycles. The summed E-state index contributed by atoms with van der Waals surface area (Å²) in [6.45, 7) is 1.82. The first-order valence-corrected chi connectivity index (χ1v) is 11.6. The average Bonchev–Trinajstić information content (AvgIpc) is 2.90. The van der Waals surface area contributed by atoms with Crippen molar-refractivity contribution in [1.82, 2.24) is 5.32 Å². The Hall–Kier alpha value is -3.94. The SMILES string of the molecule is COC(=O)C1=C(C)NC2=C(C(=O)CC(c3ccccc3OC)C2)C1c1cc(OC)c(OC)c(OC)c1. The molecule has 2 unspecified atom stereocenters. The van der Waals surface area contributed by atoms with Crippen molar-refractivity contribution in [3.8, 4) is 23.0 Å². The molecular formula is C28H31NO7.